The lowest BCUT2D eigenvalue weighted by Crippen LogP contribution is -2.58. The number of benzene rings is 1. The molecule has 10 N–H and O–H groups in total. The van der Waals surface area contributed by atoms with Crippen molar-refractivity contribution in [2.24, 2.45) is 17.4 Å². The highest BCUT2D eigenvalue weighted by atomic mass is 16.4. The molecule has 0 saturated heterocycles. The normalized spacial score (nSPS) is 14.7. The van der Waals surface area contributed by atoms with Crippen molar-refractivity contribution in [3.05, 3.63) is 36.0 Å². The molecular weight excluding hydrogens is 536 g/mol. The van der Waals surface area contributed by atoms with Gasteiger partial charge in [-0.3, -0.25) is 24.0 Å². The average molecular weight is 575 g/mol. The number of carbonyl (C=O) groups excluding carboxylic acids is 4. The number of aromatic nitrogens is 1. The number of aliphatic carboxylic acids is 2. The van der Waals surface area contributed by atoms with Gasteiger partial charge in [0.2, 0.25) is 23.6 Å². The molecule has 0 unspecified atom stereocenters. The van der Waals surface area contributed by atoms with E-state index in [9.17, 15) is 39.0 Å². The van der Waals surface area contributed by atoms with Gasteiger partial charge in [-0.25, -0.2) is 4.79 Å². The molecule has 1 aromatic carbocycles. The van der Waals surface area contributed by atoms with Crippen molar-refractivity contribution in [2.75, 3.05) is 0 Å². The lowest BCUT2D eigenvalue weighted by Gasteiger charge is -2.28. The Morgan fingerprint density at radius 2 is 1.56 bits per heavy atom. The maximum absolute atomic E-state index is 13.3. The predicted molar refractivity (Wildman–Crippen MR) is 148 cm³/mol. The summed E-state index contributed by atoms with van der Waals surface area (Å²) in [4.78, 5) is 76.4. The van der Waals surface area contributed by atoms with Crippen LogP contribution in [0.25, 0.3) is 10.9 Å². The summed E-state index contributed by atoms with van der Waals surface area (Å²) in [5.41, 5.74) is 12.4. The summed E-state index contributed by atoms with van der Waals surface area (Å²) < 4.78 is 0. The Hall–Kier alpha value is -4.46. The third kappa shape index (κ3) is 9.90. The minimum atomic E-state index is -1.41. The van der Waals surface area contributed by atoms with E-state index in [-0.39, 0.29) is 25.7 Å². The van der Waals surface area contributed by atoms with Crippen molar-refractivity contribution in [2.45, 2.75) is 76.5 Å². The highest BCUT2D eigenvalue weighted by Gasteiger charge is 2.33. The number of hydrogen-bond donors (Lipinski definition) is 8. The summed E-state index contributed by atoms with van der Waals surface area (Å²) in [5, 5.41) is 27.2. The van der Waals surface area contributed by atoms with Gasteiger partial charge in [-0.05, 0) is 30.4 Å². The van der Waals surface area contributed by atoms with Gasteiger partial charge in [-0.1, -0.05) is 38.5 Å². The van der Waals surface area contributed by atoms with Gasteiger partial charge in [0.1, 0.15) is 18.1 Å². The summed E-state index contributed by atoms with van der Waals surface area (Å²) in [5.74, 6) is -5.97. The molecule has 0 radical (unpaired) electrons. The Morgan fingerprint density at radius 1 is 0.902 bits per heavy atom. The SMILES string of the molecule is CC[C@H](C)[C@@H](NC(=O)[C@@H](N)CCC(N)=O)C(=O)N[C@@H](CCC(=O)O)C(=O)N[C@H](Cc1c[nH]c2ccccc12)C(=O)O. The van der Waals surface area contributed by atoms with E-state index in [2.05, 4.69) is 20.9 Å². The van der Waals surface area contributed by atoms with Crippen LogP contribution in [0.1, 0.15) is 51.5 Å². The molecule has 1 heterocycles. The quantitative estimate of drug-likeness (QED) is 0.124. The number of primary amides is 1. The van der Waals surface area contributed by atoms with E-state index >= 15 is 0 Å². The topological polar surface area (TPSA) is 247 Å². The summed E-state index contributed by atoms with van der Waals surface area (Å²) >= 11 is 0. The Kier molecular flexibility index (Phi) is 12.3. The zero-order chi connectivity index (χ0) is 30.7. The van der Waals surface area contributed by atoms with Gasteiger partial charge in [-0.15, -0.1) is 0 Å². The maximum Gasteiger partial charge on any atom is 0.326 e. The number of aromatic amines is 1. The zero-order valence-electron chi connectivity index (χ0n) is 23.0. The Labute approximate surface area is 236 Å². The molecule has 1 aromatic heterocycles. The lowest BCUT2D eigenvalue weighted by atomic mass is 9.96. The number of carboxylic acid groups (broad SMARTS) is 2. The van der Waals surface area contributed by atoms with Crippen LogP contribution in [-0.4, -0.2) is 74.9 Å². The van der Waals surface area contributed by atoms with Crippen LogP contribution < -0.4 is 27.4 Å². The smallest absolute Gasteiger partial charge is 0.326 e. The number of para-hydroxylation sites is 1. The first-order valence-corrected chi connectivity index (χ1v) is 13.3. The second kappa shape index (κ2) is 15.4. The second-order valence-corrected chi connectivity index (χ2v) is 9.94. The summed E-state index contributed by atoms with van der Waals surface area (Å²) in [6, 6.07) is 2.20. The third-order valence-corrected chi connectivity index (χ3v) is 6.83. The largest absolute Gasteiger partial charge is 0.481 e. The molecule has 4 amide bonds. The van der Waals surface area contributed by atoms with Crippen molar-refractivity contribution in [1.82, 2.24) is 20.9 Å². The molecule has 5 atom stereocenters. The van der Waals surface area contributed by atoms with Crippen LogP contribution in [-0.2, 0) is 35.2 Å². The first-order chi connectivity index (χ1) is 19.3. The van der Waals surface area contributed by atoms with E-state index in [4.69, 9.17) is 11.5 Å². The molecule has 0 spiro atoms. The number of carbonyl (C=O) groups is 6. The van der Waals surface area contributed by atoms with Gasteiger partial charge in [0.15, 0.2) is 0 Å². The fraction of sp³-hybridized carbons (Fsp3) is 0.481. The summed E-state index contributed by atoms with van der Waals surface area (Å²) in [6.07, 6.45) is 1.04. The van der Waals surface area contributed by atoms with Gasteiger partial charge in [0.05, 0.1) is 6.04 Å². The maximum atomic E-state index is 13.3. The number of fused-ring (bicyclic) bond motifs is 1. The fourth-order valence-electron chi connectivity index (χ4n) is 4.18. The minimum absolute atomic E-state index is 0.0351. The monoisotopic (exact) mass is 574 g/mol. The van der Waals surface area contributed by atoms with E-state index in [1.54, 1.807) is 32.2 Å². The average Bonchev–Trinajstić information content (AvgIpc) is 3.33. The molecule has 0 bridgehead atoms. The van der Waals surface area contributed by atoms with Crippen molar-refractivity contribution in [3.63, 3.8) is 0 Å². The van der Waals surface area contributed by atoms with E-state index in [0.717, 1.165) is 10.9 Å². The molecule has 0 saturated carbocycles. The van der Waals surface area contributed by atoms with Crippen LogP contribution in [0.4, 0.5) is 0 Å². The van der Waals surface area contributed by atoms with Gasteiger partial charge < -0.3 is 42.6 Å². The molecule has 2 aromatic rings. The predicted octanol–water partition coefficient (Wildman–Crippen LogP) is -0.247. The number of nitrogens with one attached hydrogen (secondary N) is 4. The number of rotatable bonds is 17. The molecular formula is C27H38N6O8. The zero-order valence-corrected chi connectivity index (χ0v) is 23.0. The summed E-state index contributed by atoms with van der Waals surface area (Å²) in [6.45, 7) is 3.47. The van der Waals surface area contributed by atoms with E-state index in [1.807, 2.05) is 12.1 Å². The van der Waals surface area contributed by atoms with Crippen LogP contribution in [0.5, 0.6) is 0 Å². The fourth-order valence-corrected chi connectivity index (χ4v) is 4.18. The van der Waals surface area contributed by atoms with Crippen LogP contribution in [0, 0.1) is 5.92 Å². The van der Waals surface area contributed by atoms with E-state index in [0.29, 0.717) is 12.0 Å². The van der Waals surface area contributed by atoms with Crippen LogP contribution >= 0.6 is 0 Å². The van der Waals surface area contributed by atoms with Crippen molar-refractivity contribution < 1.29 is 39.0 Å². The third-order valence-electron chi connectivity index (χ3n) is 6.83. The first kappa shape index (κ1) is 32.8. The molecule has 0 fully saturated rings. The molecule has 14 heteroatoms. The molecule has 0 aliphatic carbocycles. The number of carboxylic acids is 2. The number of hydrogen-bond acceptors (Lipinski definition) is 7. The van der Waals surface area contributed by atoms with Gasteiger partial charge in [-0.2, -0.15) is 0 Å². The standard InChI is InChI=1S/C27H38N6O8/c1-3-14(2)23(33-24(37)17(28)8-10-21(29)34)26(39)31-19(9-11-22(35)36)25(38)32-20(27(40)41)12-15-13-30-18-7-5-4-6-16(15)18/h4-7,13-14,17,19-20,23,30H,3,8-12,28H2,1-2H3,(H2,29,34)(H,31,39)(H,32,38)(H,33,37)(H,35,36)(H,40,41)/t14-,17-,19-,20+,23+/m0/s1. The molecule has 14 nitrogen and oxygen atoms in total. The summed E-state index contributed by atoms with van der Waals surface area (Å²) in [7, 11) is 0. The molecule has 224 valence electrons. The van der Waals surface area contributed by atoms with Gasteiger partial charge >= 0.3 is 11.9 Å². The molecule has 2 rings (SSSR count). The minimum Gasteiger partial charge on any atom is -0.481 e. The number of amides is 4. The molecule has 0 aliphatic rings. The molecule has 41 heavy (non-hydrogen) atoms. The van der Waals surface area contributed by atoms with Crippen molar-refractivity contribution in [3.8, 4) is 0 Å². The lowest BCUT2D eigenvalue weighted by molar-refractivity contribution is -0.143. The first-order valence-electron chi connectivity index (χ1n) is 13.3. The highest BCUT2D eigenvalue weighted by Crippen LogP contribution is 2.19. The highest BCUT2D eigenvalue weighted by molar-refractivity contribution is 5.95. The number of nitrogens with two attached hydrogens (primary N) is 2. The van der Waals surface area contributed by atoms with Crippen molar-refractivity contribution >= 4 is 46.5 Å². The van der Waals surface area contributed by atoms with E-state index in [1.165, 1.54) is 0 Å². The van der Waals surface area contributed by atoms with Crippen LogP contribution in [0.2, 0.25) is 0 Å². The van der Waals surface area contributed by atoms with Crippen LogP contribution in [0.15, 0.2) is 30.5 Å². The van der Waals surface area contributed by atoms with Crippen molar-refractivity contribution in [1.29, 1.82) is 0 Å². The van der Waals surface area contributed by atoms with E-state index < -0.39 is 72.1 Å². The Morgan fingerprint density at radius 3 is 2.17 bits per heavy atom. The number of H-pyrrole nitrogens is 1. The molecule has 0 aliphatic heterocycles. The van der Waals surface area contributed by atoms with Crippen LogP contribution in [0.3, 0.4) is 0 Å². The van der Waals surface area contributed by atoms with Gasteiger partial charge in [0.25, 0.3) is 0 Å². The second-order valence-electron chi connectivity index (χ2n) is 9.94. The Bertz CT molecular complexity index is 1260. The Balaban J connectivity index is 2.20. The van der Waals surface area contributed by atoms with Gasteiger partial charge in [0, 0.05) is 36.4 Å².